The van der Waals surface area contributed by atoms with Gasteiger partial charge in [0.15, 0.2) is 5.65 Å². The Morgan fingerprint density at radius 3 is 2.85 bits per heavy atom. The molecule has 0 atom stereocenters. The van der Waals surface area contributed by atoms with E-state index in [2.05, 4.69) is 21.4 Å². The zero-order valence-corrected chi connectivity index (χ0v) is 15.4. The third kappa shape index (κ3) is 3.01. The number of aromatic nitrogens is 4. The summed E-state index contributed by atoms with van der Waals surface area (Å²) in [6.07, 6.45) is 8.26. The highest BCUT2D eigenvalue weighted by Crippen LogP contribution is 2.28. The molecule has 3 aromatic heterocycles. The Kier molecular flexibility index (Phi) is 3.96. The highest BCUT2D eigenvalue weighted by Gasteiger charge is 2.15. The Balaban J connectivity index is 1.51. The van der Waals surface area contributed by atoms with Gasteiger partial charge in [-0.25, -0.2) is 9.50 Å². The van der Waals surface area contributed by atoms with Gasteiger partial charge in [0.2, 0.25) is 0 Å². The molecule has 0 unspecified atom stereocenters. The molecule has 1 saturated carbocycles. The van der Waals surface area contributed by atoms with Crippen LogP contribution in [-0.4, -0.2) is 32.7 Å². The van der Waals surface area contributed by atoms with Crippen molar-refractivity contribution in [2.24, 2.45) is 0 Å². The van der Waals surface area contributed by atoms with Crippen molar-refractivity contribution in [2.75, 3.05) is 12.4 Å². The predicted molar refractivity (Wildman–Crippen MR) is 107 cm³/mol. The van der Waals surface area contributed by atoms with E-state index in [1.807, 2.05) is 41.0 Å². The molecule has 0 radical (unpaired) electrons. The van der Waals surface area contributed by atoms with Gasteiger partial charge in [-0.2, -0.15) is 0 Å². The van der Waals surface area contributed by atoms with Gasteiger partial charge >= 0.3 is 0 Å². The van der Waals surface area contributed by atoms with Crippen LogP contribution in [0.1, 0.15) is 32.1 Å². The third-order valence-electron chi connectivity index (χ3n) is 5.42. The number of imidazole rings is 1. The Morgan fingerprint density at radius 1 is 1.11 bits per heavy atom. The van der Waals surface area contributed by atoms with Gasteiger partial charge in [0.25, 0.3) is 0 Å². The Morgan fingerprint density at radius 2 is 2.00 bits per heavy atom. The van der Waals surface area contributed by atoms with Crippen molar-refractivity contribution in [3.8, 4) is 17.1 Å². The normalized spacial score (nSPS) is 15.4. The van der Waals surface area contributed by atoms with E-state index < -0.39 is 0 Å². The van der Waals surface area contributed by atoms with E-state index in [-0.39, 0.29) is 0 Å². The van der Waals surface area contributed by atoms with E-state index in [4.69, 9.17) is 9.84 Å². The fourth-order valence-electron chi connectivity index (χ4n) is 3.97. The number of H-pyrrole nitrogens is 1. The van der Waals surface area contributed by atoms with Crippen LogP contribution in [0.5, 0.6) is 5.75 Å². The largest absolute Gasteiger partial charge is 0.497 e. The average Bonchev–Trinajstić information content (AvgIpc) is 3.31. The van der Waals surface area contributed by atoms with Gasteiger partial charge in [0.05, 0.1) is 19.0 Å². The van der Waals surface area contributed by atoms with Crippen molar-refractivity contribution in [2.45, 2.75) is 38.1 Å². The molecule has 0 aliphatic heterocycles. The van der Waals surface area contributed by atoms with E-state index in [1.165, 1.54) is 32.1 Å². The molecule has 4 aromatic rings. The van der Waals surface area contributed by atoms with E-state index in [9.17, 15) is 0 Å². The number of methoxy groups -OCH3 is 1. The van der Waals surface area contributed by atoms with Gasteiger partial charge in [0.1, 0.15) is 17.3 Å². The molecule has 0 spiro atoms. The van der Waals surface area contributed by atoms with Gasteiger partial charge in [0, 0.05) is 16.9 Å². The summed E-state index contributed by atoms with van der Waals surface area (Å²) in [7, 11) is 1.68. The smallest absolute Gasteiger partial charge is 0.154 e. The van der Waals surface area contributed by atoms with Crippen LogP contribution in [0.15, 0.2) is 42.6 Å². The summed E-state index contributed by atoms with van der Waals surface area (Å²) in [5, 5.41) is 9.51. The molecule has 6 nitrogen and oxygen atoms in total. The first kappa shape index (κ1) is 16.2. The molecule has 138 valence electrons. The summed E-state index contributed by atoms with van der Waals surface area (Å²) in [6.45, 7) is 0. The van der Waals surface area contributed by atoms with Crippen molar-refractivity contribution >= 4 is 22.4 Å². The number of hydrogen-bond donors (Lipinski definition) is 2. The molecule has 0 bridgehead atoms. The number of anilines is 1. The maximum atomic E-state index is 5.33. The van der Waals surface area contributed by atoms with Gasteiger partial charge in [-0.15, -0.1) is 5.10 Å². The van der Waals surface area contributed by atoms with E-state index >= 15 is 0 Å². The average molecular weight is 361 g/mol. The second-order valence-electron chi connectivity index (χ2n) is 7.25. The molecule has 0 saturated heterocycles. The molecule has 1 aromatic carbocycles. The number of rotatable bonds is 4. The SMILES string of the molecule is COc1ccc2[nH]c(-c3cnc4ccc(NC5CCCCC5)nn34)cc2c1. The molecule has 0 amide bonds. The van der Waals surface area contributed by atoms with Crippen molar-refractivity contribution < 1.29 is 4.74 Å². The molecule has 2 N–H and O–H groups in total. The molecule has 1 fully saturated rings. The fourth-order valence-corrected chi connectivity index (χ4v) is 3.97. The van der Waals surface area contributed by atoms with Crippen LogP contribution in [0.2, 0.25) is 0 Å². The molecule has 6 heteroatoms. The number of nitrogens with one attached hydrogen (secondary N) is 2. The standard InChI is InChI=1S/C21H23N5O/c1-27-16-7-8-17-14(11-16)12-18(24-17)19-13-22-21-10-9-20(25-26(19)21)23-15-5-3-2-4-6-15/h7-13,15,24H,2-6H2,1H3,(H,23,25). The summed E-state index contributed by atoms with van der Waals surface area (Å²) >= 11 is 0. The quantitative estimate of drug-likeness (QED) is 0.556. The van der Waals surface area contributed by atoms with Crippen molar-refractivity contribution in [3.63, 3.8) is 0 Å². The number of fused-ring (bicyclic) bond motifs is 2. The van der Waals surface area contributed by atoms with Crippen LogP contribution in [-0.2, 0) is 0 Å². The lowest BCUT2D eigenvalue weighted by atomic mass is 9.95. The molecule has 27 heavy (non-hydrogen) atoms. The lowest BCUT2D eigenvalue weighted by molar-refractivity contribution is 0.415. The van der Waals surface area contributed by atoms with Crippen LogP contribution in [0, 0.1) is 0 Å². The highest BCUT2D eigenvalue weighted by atomic mass is 16.5. The Bertz CT molecular complexity index is 1090. The molecular formula is C21H23N5O. The lowest BCUT2D eigenvalue weighted by Gasteiger charge is -2.23. The van der Waals surface area contributed by atoms with Gasteiger partial charge in [-0.3, -0.25) is 0 Å². The molecule has 1 aliphatic carbocycles. The van der Waals surface area contributed by atoms with E-state index in [0.717, 1.165) is 39.5 Å². The number of nitrogens with zero attached hydrogens (tertiary/aromatic N) is 3. The zero-order chi connectivity index (χ0) is 18.2. The van der Waals surface area contributed by atoms with Crippen molar-refractivity contribution in [1.29, 1.82) is 0 Å². The van der Waals surface area contributed by atoms with Crippen molar-refractivity contribution in [1.82, 2.24) is 19.6 Å². The van der Waals surface area contributed by atoms with Crippen molar-refractivity contribution in [3.05, 3.63) is 42.6 Å². The lowest BCUT2D eigenvalue weighted by Crippen LogP contribution is -2.23. The van der Waals surface area contributed by atoms with Crippen LogP contribution >= 0.6 is 0 Å². The first-order valence-electron chi connectivity index (χ1n) is 9.58. The summed E-state index contributed by atoms with van der Waals surface area (Å²) in [5.41, 5.74) is 3.85. The molecule has 5 rings (SSSR count). The highest BCUT2D eigenvalue weighted by molar-refractivity contribution is 5.86. The summed E-state index contributed by atoms with van der Waals surface area (Å²) < 4.78 is 7.24. The third-order valence-corrected chi connectivity index (χ3v) is 5.42. The molecule has 3 heterocycles. The van der Waals surface area contributed by atoms with Gasteiger partial charge < -0.3 is 15.0 Å². The summed E-state index contributed by atoms with van der Waals surface area (Å²) in [6, 6.07) is 12.7. The minimum Gasteiger partial charge on any atom is -0.497 e. The van der Waals surface area contributed by atoms with Crippen LogP contribution in [0.3, 0.4) is 0 Å². The molecular weight excluding hydrogens is 338 g/mol. The van der Waals surface area contributed by atoms with Gasteiger partial charge in [-0.1, -0.05) is 19.3 Å². The maximum absolute atomic E-state index is 5.33. The number of benzene rings is 1. The van der Waals surface area contributed by atoms with Crippen LogP contribution < -0.4 is 10.1 Å². The van der Waals surface area contributed by atoms with Gasteiger partial charge in [-0.05, 0) is 49.2 Å². The van der Waals surface area contributed by atoms with E-state index in [1.54, 1.807) is 7.11 Å². The summed E-state index contributed by atoms with van der Waals surface area (Å²) in [5.74, 6) is 1.76. The zero-order valence-electron chi connectivity index (χ0n) is 15.4. The minimum atomic E-state index is 0.524. The topological polar surface area (TPSA) is 67.2 Å². The number of ether oxygens (including phenoxy) is 1. The fraction of sp³-hybridized carbons (Fsp3) is 0.333. The van der Waals surface area contributed by atoms with Crippen LogP contribution in [0.4, 0.5) is 5.82 Å². The second-order valence-corrected chi connectivity index (χ2v) is 7.25. The summed E-state index contributed by atoms with van der Waals surface area (Å²) in [4.78, 5) is 7.98. The minimum absolute atomic E-state index is 0.524. The first-order chi connectivity index (χ1) is 13.3. The predicted octanol–water partition coefficient (Wildman–Crippen LogP) is 4.63. The second kappa shape index (κ2) is 6.61. The van der Waals surface area contributed by atoms with E-state index in [0.29, 0.717) is 6.04 Å². The Labute approximate surface area is 157 Å². The Hall–Kier alpha value is -3.02. The molecule has 1 aliphatic rings. The first-order valence-corrected chi connectivity index (χ1v) is 9.58. The monoisotopic (exact) mass is 361 g/mol. The number of aromatic amines is 1. The number of hydrogen-bond acceptors (Lipinski definition) is 4. The van der Waals surface area contributed by atoms with Crippen LogP contribution in [0.25, 0.3) is 27.9 Å². The maximum Gasteiger partial charge on any atom is 0.154 e.